The Morgan fingerprint density at radius 3 is 2.07 bits per heavy atom. The van der Waals surface area contributed by atoms with E-state index < -0.39 is 0 Å². The van der Waals surface area contributed by atoms with Gasteiger partial charge in [0.15, 0.2) is 0 Å². The van der Waals surface area contributed by atoms with Crippen molar-refractivity contribution in [3.8, 4) is 39.8 Å². The van der Waals surface area contributed by atoms with Gasteiger partial charge in [0, 0.05) is 17.1 Å². The van der Waals surface area contributed by atoms with Crippen LogP contribution in [-0.2, 0) is 0 Å². The first-order valence-corrected chi connectivity index (χ1v) is 15.2. The van der Waals surface area contributed by atoms with Gasteiger partial charge in [0.1, 0.15) is 11.6 Å². The molecule has 0 fully saturated rings. The molecule has 5 nitrogen and oxygen atoms in total. The molecule has 0 unspecified atom stereocenters. The topological polar surface area (TPSA) is 55.9 Å². The number of para-hydroxylation sites is 2. The van der Waals surface area contributed by atoms with Crippen LogP contribution in [0.1, 0.15) is 81.7 Å². The molecule has 0 spiro atoms. The van der Waals surface area contributed by atoms with Crippen LogP contribution in [0, 0.1) is 6.92 Å². The summed E-state index contributed by atoms with van der Waals surface area (Å²) in [5.74, 6) is 1.96. The molecule has 0 aliphatic rings. The van der Waals surface area contributed by atoms with Crippen LogP contribution in [-0.4, -0.2) is 24.4 Å². The predicted molar refractivity (Wildman–Crippen MR) is 178 cm³/mol. The van der Waals surface area contributed by atoms with Gasteiger partial charge in [-0.2, -0.15) is 5.10 Å². The van der Waals surface area contributed by atoms with E-state index in [4.69, 9.17) is 10.1 Å². The molecule has 0 amide bonds. The maximum absolute atomic E-state index is 11.0. The average molecular weight is 569 g/mol. The Morgan fingerprint density at radius 2 is 1.40 bits per heavy atom. The fourth-order valence-electron chi connectivity index (χ4n) is 5.95. The Balaban J connectivity index is 1.60. The van der Waals surface area contributed by atoms with E-state index in [1.165, 1.54) is 16.7 Å². The summed E-state index contributed by atoms with van der Waals surface area (Å²) in [5.41, 5.74) is 10.6. The lowest BCUT2D eigenvalue weighted by molar-refractivity contribution is 0.477. The minimum absolute atomic E-state index is 0.212. The third kappa shape index (κ3) is 5.14. The minimum Gasteiger partial charge on any atom is -0.507 e. The summed E-state index contributed by atoms with van der Waals surface area (Å²) in [7, 11) is 0. The van der Waals surface area contributed by atoms with Gasteiger partial charge in [-0.05, 0) is 71.7 Å². The normalized spacial score (nSPS) is 11.9. The summed E-state index contributed by atoms with van der Waals surface area (Å²) < 4.78 is 4.22. The van der Waals surface area contributed by atoms with Crippen molar-refractivity contribution in [3.63, 3.8) is 0 Å². The molecule has 0 radical (unpaired) electrons. The molecule has 0 aliphatic carbocycles. The average Bonchev–Trinajstić information content (AvgIpc) is 3.58. The lowest BCUT2D eigenvalue weighted by atomic mass is 9.87. The summed E-state index contributed by atoms with van der Waals surface area (Å²) in [4.78, 5) is 5.22. The van der Waals surface area contributed by atoms with E-state index in [-0.39, 0.29) is 5.75 Å². The molecule has 5 heteroatoms. The van der Waals surface area contributed by atoms with Crippen molar-refractivity contribution in [2.45, 2.75) is 66.2 Å². The smallest absolute Gasteiger partial charge is 0.148 e. The van der Waals surface area contributed by atoms with Gasteiger partial charge in [0.2, 0.25) is 0 Å². The largest absolute Gasteiger partial charge is 0.507 e. The first-order valence-electron chi connectivity index (χ1n) is 15.2. The van der Waals surface area contributed by atoms with Crippen LogP contribution in [0.3, 0.4) is 0 Å². The van der Waals surface area contributed by atoms with Crippen molar-refractivity contribution in [3.05, 3.63) is 114 Å². The molecule has 4 aromatic carbocycles. The first kappa shape index (κ1) is 28.5. The number of aromatic nitrogens is 4. The number of imidazole rings is 1. The van der Waals surface area contributed by atoms with E-state index in [0.717, 1.165) is 45.1 Å². The van der Waals surface area contributed by atoms with E-state index >= 15 is 0 Å². The molecule has 43 heavy (non-hydrogen) atoms. The first-order chi connectivity index (χ1) is 20.6. The fourth-order valence-corrected chi connectivity index (χ4v) is 5.95. The molecule has 0 atom stereocenters. The highest BCUT2D eigenvalue weighted by Gasteiger charge is 2.24. The summed E-state index contributed by atoms with van der Waals surface area (Å²) in [6.07, 6.45) is 2.13. The van der Waals surface area contributed by atoms with Gasteiger partial charge in [-0.3, -0.25) is 4.57 Å². The Morgan fingerprint density at radius 1 is 0.721 bits per heavy atom. The maximum Gasteiger partial charge on any atom is 0.148 e. The number of fused-ring (bicyclic) bond motifs is 1. The van der Waals surface area contributed by atoms with Crippen LogP contribution < -0.4 is 0 Å². The molecule has 0 saturated carbocycles. The highest BCUT2D eigenvalue weighted by Crippen LogP contribution is 2.40. The fraction of sp³-hybridized carbons (Fsp3) is 0.263. The molecule has 0 aliphatic heterocycles. The summed E-state index contributed by atoms with van der Waals surface area (Å²) in [6, 6.07) is 28.9. The molecule has 2 heterocycles. The lowest BCUT2D eigenvalue weighted by Crippen LogP contribution is -2.10. The van der Waals surface area contributed by atoms with Gasteiger partial charge in [-0.15, -0.1) is 0 Å². The number of hydrogen-bond donors (Lipinski definition) is 1. The quantitative estimate of drug-likeness (QED) is 0.208. The Hall–Kier alpha value is -4.64. The van der Waals surface area contributed by atoms with Crippen molar-refractivity contribution >= 4 is 10.9 Å². The van der Waals surface area contributed by atoms with E-state index in [9.17, 15) is 5.11 Å². The van der Waals surface area contributed by atoms with Gasteiger partial charge in [0.25, 0.3) is 0 Å². The lowest BCUT2D eigenvalue weighted by Gasteiger charge is -2.24. The maximum atomic E-state index is 11.0. The minimum atomic E-state index is 0.212. The molecule has 6 aromatic rings. The molecular weight excluding hydrogens is 528 g/mol. The van der Waals surface area contributed by atoms with Crippen LogP contribution in [0.5, 0.6) is 5.75 Å². The molecule has 0 saturated heterocycles. The van der Waals surface area contributed by atoms with Crippen molar-refractivity contribution in [1.82, 2.24) is 19.3 Å². The molecule has 0 bridgehead atoms. The third-order valence-corrected chi connectivity index (χ3v) is 8.35. The third-order valence-electron chi connectivity index (χ3n) is 8.35. The number of phenolic OH excluding ortho intramolecular Hbond substituents is 1. The van der Waals surface area contributed by atoms with Gasteiger partial charge >= 0.3 is 0 Å². The standard InChI is InChI=1S/C38H40N4O/c1-23(2)28-20-32(24(3)4)37(33(21-28)25(5)6)41-22-34(39-38(41)31-16-9-11-18-36(31)43)27-13-12-14-29(19-27)42-35-17-10-8-15-30(35)26(7)40-42/h8-25,43H,1-7H3. The van der Waals surface area contributed by atoms with Crippen molar-refractivity contribution < 1.29 is 5.11 Å². The van der Waals surface area contributed by atoms with Crippen molar-refractivity contribution in [2.24, 2.45) is 0 Å². The highest BCUT2D eigenvalue weighted by atomic mass is 16.3. The van der Waals surface area contributed by atoms with Gasteiger partial charge in [0.05, 0.1) is 33.8 Å². The van der Waals surface area contributed by atoms with Crippen LogP contribution in [0.2, 0.25) is 0 Å². The number of rotatable bonds is 7. The second kappa shape index (κ2) is 11.2. The number of aromatic hydroxyl groups is 1. The second-order valence-corrected chi connectivity index (χ2v) is 12.4. The summed E-state index contributed by atoms with van der Waals surface area (Å²) in [5, 5.41) is 17.0. The Bertz CT molecular complexity index is 1910. The van der Waals surface area contributed by atoms with E-state index in [1.807, 2.05) is 35.9 Å². The Labute approximate surface area is 254 Å². The molecule has 2 aromatic heterocycles. The monoisotopic (exact) mass is 568 g/mol. The summed E-state index contributed by atoms with van der Waals surface area (Å²) in [6.45, 7) is 15.6. The highest BCUT2D eigenvalue weighted by molar-refractivity contribution is 5.83. The summed E-state index contributed by atoms with van der Waals surface area (Å²) >= 11 is 0. The number of aryl methyl sites for hydroxylation is 1. The molecule has 1 N–H and O–H groups in total. The molecule has 218 valence electrons. The van der Waals surface area contributed by atoms with Crippen LogP contribution in [0.25, 0.3) is 44.9 Å². The number of benzene rings is 4. The number of nitrogens with zero attached hydrogens (tertiary/aromatic N) is 4. The van der Waals surface area contributed by atoms with E-state index in [2.05, 4.69) is 107 Å². The zero-order valence-corrected chi connectivity index (χ0v) is 26.1. The van der Waals surface area contributed by atoms with Crippen molar-refractivity contribution in [1.29, 1.82) is 0 Å². The SMILES string of the molecule is Cc1nn(-c2cccc(-c3cn(-c4c(C(C)C)cc(C(C)C)cc4C(C)C)c(-c4ccccc4O)n3)c2)c2ccccc12. The molecule has 6 rings (SSSR count). The van der Waals surface area contributed by atoms with E-state index in [0.29, 0.717) is 23.3 Å². The van der Waals surface area contributed by atoms with Crippen LogP contribution >= 0.6 is 0 Å². The predicted octanol–water partition coefficient (Wildman–Crippen LogP) is 9.93. The van der Waals surface area contributed by atoms with E-state index in [1.54, 1.807) is 6.07 Å². The van der Waals surface area contributed by atoms with Gasteiger partial charge < -0.3 is 5.11 Å². The second-order valence-electron chi connectivity index (χ2n) is 12.4. The zero-order chi connectivity index (χ0) is 30.4. The number of phenols is 1. The number of hydrogen-bond acceptors (Lipinski definition) is 3. The van der Waals surface area contributed by atoms with Gasteiger partial charge in [-0.25, -0.2) is 9.67 Å². The van der Waals surface area contributed by atoms with Crippen LogP contribution in [0.15, 0.2) is 91.1 Å². The van der Waals surface area contributed by atoms with Crippen LogP contribution in [0.4, 0.5) is 0 Å². The van der Waals surface area contributed by atoms with Crippen molar-refractivity contribution in [2.75, 3.05) is 0 Å². The Kier molecular flexibility index (Phi) is 7.43. The zero-order valence-electron chi connectivity index (χ0n) is 26.1. The molecular formula is C38H40N4O. The van der Waals surface area contributed by atoms with Gasteiger partial charge in [-0.1, -0.05) is 96.1 Å².